The van der Waals surface area contributed by atoms with Gasteiger partial charge in [0, 0.05) is 34.8 Å². The summed E-state index contributed by atoms with van der Waals surface area (Å²) < 4.78 is 0. The maximum Gasteiger partial charge on any atom is 0.272 e. The Morgan fingerprint density at radius 1 is 1.27 bits per heavy atom. The van der Waals surface area contributed by atoms with E-state index in [1.807, 2.05) is 0 Å². The molecule has 0 saturated carbocycles. The Morgan fingerprint density at radius 2 is 2.05 bits per heavy atom. The molecule has 110 valence electrons. The molecular formula is C17H13NO4. The zero-order chi connectivity index (χ0) is 15.9. The topological polar surface area (TPSA) is 80.4 Å². The first-order chi connectivity index (χ1) is 10.5. The van der Waals surface area contributed by atoms with Gasteiger partial charge in [0.1, 0.15) is 5.75 Å². The van der Waals surface area contributed by atoms with Crippen molar-refractivity contribution in [1.82, 2.24) is 0 Å². The average Bonchev–Trinajstić information content (AvgIpc) is 2.79. The van der Waals surface area contributed by atoms with Crippen LogP contribution >= 0.6 is 0 Å². The Balaban J connectivity index is 2.02. The lowest BCUT2D eigenvalue weighted by Gasteiger charge is -2.00. The minimum Gasteiger partial charge on any atom is -0.508 e. The number of nitro groups is 1. The zero-order valence-corrected chi connectivity index (χ0v) is 11.9. The van der Waals surface area contributed by atoms with Gasteiger partial charge < -0.3 is 5.11 Å². The Bertz CT molecular complexity index is 837. The SMILES string of the molecule is Cc1ccc(C=C2Cc3c(O)cccc3C2=O)cc1[N+](=O)[O-]. The van der Waals surface area contributed by atoms with Crippen molar-refractivity contribution in [2.24, 2.45) is 0 Å². The summed E-state index contributed by atoms with van der Waals surface area (Å²) in [6, 6.07) is 9.71. The van der Waals surface area contributed by atoms with Crippen LogP contribution in [0.25, 0.3) is 6.08 Å². The third-order valence-corrected chi connectivity index (χ3v) is 3.83. The minimum atomic E-state index is -0.436. The van der Waals surface area contributed by atoms with Crippen LogP contribution in [0, 0.1) is 17.0 Å². The molecule has 0 heterocycles. The molecule has 0 aromatic heterocycles. The Kier molecular flexibility index (Phi) is 3.25. The van der Waals surface area contributed by atoms with Crippen LogP contribution in [0.1, 0.15) is 27.0 Å². The van der Waals surface area contributed by atoms with Gasteiger partial charge in [0.2, 0.25) is 0 Å². The summed E-state index contributed by atoms with van der Waals surface area (Å²) in [5, 5.41) is 20.8. The highest BCUT2D eigenvalue weighted by Gasteiger charge is 2.27. The molecule has 2 aromatic carbocycles. The minimum absolute atomic E-state index is 0.0279. The van der Waals surface area contributed by atoms with Gasteiger partial charge in [-0.25, -0.2) is 0 Å². The van der Waals surface area contributed by atoms with E-state index in [0.717, 1.165) is 0 Å². The molecule has 0 saturated heterocycles. The Labute approximate surface area is 126 Å². The first-order valence-electron chi connectivity index (χ1n) is 6.78. The van der Waals surface area contributed by atoms with E-state index in [9.17, 15) is 20.0 Å². The molecule has 1 N–H and O–H groups in total. The van der Waals surface area contributed by atoms with E-state index in [0.29, 0.717) is 34.2 Å². The monoisotopic (exact) mass is 295 g/mol. The van der Waals surface area contributed by atoms with Gasteiger partial charge in [0.15, 0.2) is 5.78 Å². The molecule has 3 rings (SSSR count). The standard InChI is InChI=1S/C17H13NO4/c1-10-5-6-11(8-15(10)18(21)22)7-12-9-14-13(17(12)20)3-2-4-16(14)19/h2-8,19H,9H2,1H3. The third-order valence-electron chi connectivity index (χ3n) is 3.83. The lowest BCUT2D eigenvalue weighted by molar-refractivity contribution is -0.385. The quantitative estimate of drug-likeness (QED) is 0.523. The van der Waals surface area contributed by atoms with Gasteiger partial charge in [-0.2, -0.15) is 0 Å². The van der Waals surface area contributed by atoms with E-state index in [-0.39, 0.29) is 17.2 Å². The van der Waals surface area contributed by atoms with Crippen LogP contribution < -0.4 is 0 Å². The fourth-order valence-electron chi connectivity index (χ4n) is 2.65. The molecule has 5 nitrogen and oxygen atoms in total. The summed E-state index contributed by atoms with van der Waals surface area (Å²) in [7, 11) is 0. The summed E-state index contributed by atoms with van der Waals surface area (Å²) in [6.45, 7) is 1.67. The second-order valence-electron chi connectivity index (χ2n) is 5.28. The van der Waals surface area contributed by atoms with Gasteiger partial charge in [-0.15, -0.1) is 0 Å². The van der Waals surface area contributed by atoms with Gasteiger partial charge in [0.05, 0.1) is 4.92 Å². The molecule has 0 atom stereocenters. The molecule has 2 aromatic rings. The summed E-state index contributed by atoms with van der Waals surface area (Å²) in [4.78, 5) is 22.9. The van der Waals surface area contributed by atoms with Crippen LogP contribution in [0.4, 0.5) is 5.69 Å². The number of aromatic hydroxyl groups is 1. The van der Waals surface area contributed by atoms with E-state index in [1.165, 1.54) is 6.07 Å². The van der Waals surface area contributed by atoms with Gasteiger partial charge in [0.25, 0.3) is 5.69 Å². The number of hydrogen-bond acceptors (Lipinski definition) is 4. The predicted octanol–water partition coefficient (Wildman–Crippen LogP) is 3.43. The molecule has 0 bridgehead atoms. The van der Waals surface area contributed by atoms with Crippen molar-refractivity contribution in [1.29, 1.82) is 0 Å². The molecule has 0 spiro atoms. The molecule has 0 aliphatic heterocycles. The fourth-order valence-corrected chi connectivity index (χ4v) is 2.65. The Morgan fingerprint density at radius 3 is 2.73 bits per heavy atom. The van der Waals surface area contributed by atoms with Gasteiger partial charge in [-0.1, -0.05) is 24.3 Å². The van der Waals surface area contributed by atoms with Crippen molar-refractivity contribution in [3.8, 4) is 5.75 Å². The van der Waals surface area contributed by atoms with Gasteiger partial charge >= 0.3 is 0 Å². The molecule has 0 unspecified atom stereocenters. The second-order valence-corrected chi connectivity index (χ2v) is 5.28. The summed E-state index contributed by atoms with van der Waals surface area (Å²) in [5.41, 5.74) is 2.84. The van der Waals surface area contributed by atoms with E-state index in [4.69, 9.17) is 0 Å². The van der Waals surface area contributed by atoms with Crippen molar-refractivity contribution >= 4 is 17.5 Å². The largest absolute Gasteiger partial charge is 0.508 e. The lowest BCUT2D eigenvalue weighted by Crippen LogP contribution is -1.96. The van der Waals surface area contributed by atoms with Crippen LogP contribution in [0.2, 0.25) is 0 Å². The lowest BCUT2D eigenvalue weighted by atomic mass is 10.1. The summed E-state index contributed by atoms with van der Waals surface area (Å²) >= 11 is 0. The summed E-state index contributed by atoms with van der Waals surface area (Å²) in [5.74, 6) is -0.0433. The second kappa shape index (κ2) is 5.11. The van der Waals surface area contributed by atoms with Crippen molar-refractivity contribution < 1.29 is 14.8 Å². The number of phenolic OH excluding ortho intramolecular Hbond substituents is 1. The fraction of sp³-hybridized carbons (Fsp3) is 0.118. The van der Waals surface area contributed by atoms with Crippen molar-refractivity contribution in [2.45, 2.75) is 13.3 Å². The van der Waals surface area contributed by atoms with Crippen LogP contribution in [-0.2, 0) is 6.42 Å². The number of rotatable bonds is 2. The first kappa shape index (κ1) is 14.0. The number of carbonyl (C=O) groups is 1. The van der Waals surface area contributed by atoms with Crippen LogP contribution in [0.15, 0.2) is 42.0 Å². The third kappa shape index (κ3) is 2.26. The smallest absolute Gasteiger partial charge is 0.272 e. The molecule has 1 aliphatic carbocycles. The highest BCUT2D eigenvalue weighted by Crippen LogP contribution is 2.34. The van der Waals surface area contributed by atoms with Gasteiger partial charge in [-0.05, 0) is 24.6 Å². The molecule has 22 heavy (non-hydrogen) atoms. The van der Waals surface area contributed by atoms with E-state index in [1.54, 1.807) is 43.3 Å². The number of ketones is 1. The normalized spacial score (nSPS) is 15.1. The van der Waals surface area contributed by atoms with Crippen LogP contribution in [0.3, 0.4) is 0 Å². The number of carbonyl (C=O) groups excluding carboxylic acids is 1. The van der Waals surface area contributed by atoms with Crippen LogP contribution in [-0.4, -0.2) is 15.8 Å². The number of nitro benzene ring substituents is 1. The highest BCUT2D eigenvalue weighted by molar-refractivity contribution is 6.16. The molecule has 5 heteroatoms. The number of aryl methyl sites for hydroxylation is 1. The van der Waals surface area contributed by atoms with E-state index >= 15 is 0 Å². The highest BCUT2D eigenvalue weighted by atomic mass is 16.6. The van der Waals surface area contributed by atoms with E-state index < -0.39 is 4.92 Å². The number of Topliss-reactive ketones (excluding diaryl/α,β-unsaturated/α-hetero) is 1. The number of benzene rings is 2. The average molecular weight is 295 g/mol. The molecule has 0 fully saturated rings. The number of phenols is 1. The Hall–Kier alpha value is -2.95. The number of allylic oxidation sites excluding steroid dienone is 1. The molecule has 0 amide bonds. The first-order valence-corrected chi connectivity index (χ1v) is 6.78. The maximum absolute atomic E-state index is 12.3. The number of hydrogen-bond donors (Lipinski definition) is 1. The number of fused-ring (bicyclic) bond motifs is 1. The van der Waals surface area contributed by atoms with Crippen LogP contribution in [0.5, 0.6) is 5.75 Å². The molecule has 0 radical (unpaired) electrons. The number of nitrogens with zero attached hydrogens (tertiary/aromatic N) is 1. The zero-order valence-electron chi connectivity index (χ0n) is 11.9. The van der Waals surface area contributed by atoms with E-state index in [2.05, 4.69) is 0 Å². The maximum atomic E-state index is 12.3. The molecule has 1 aliphatic rings. The van der Waals surface area contributed by atoms with Crippen molar-refractivity contribution in [3.63, 3.8) is 0 Å². The van der Waals surface area contributed by atoms with Crippen molar-refractivity contribution in [2.75, 3.05) is 0 Å². The van der Waals surface area contributed by atoms with Gasteiger partial charge in [-0.3, -0.25) is 14.9 Å². The van der Waals surface area contributed by atoms with Crippen molar-refractivity contribution in [3.05, 3.63) is 74.3 Å². The molecular weight excluding hydrogens is 282 g/mol. The summed E-state index contributed by atoms with van der Waals surface area (Å²) in [6.07, 6.45) is 1.98. The predicted molar refractivity (Wildman–Crippen MR) is 82.0 cm³/mol.